The molecule has 1 N–H and O–H groups in total. The third kappa shape index (κ3) is 4.35. The molecule has 1 aliphatic rings. The molecule has 1 atom stereocenters. The number of nitrogens with zero attached hydrogens (tertiary/aromatic N) is 2. The van der Waals surface area contributed by atoms with Crippen LogP contribution < -0.4 is 5.32 Å². The molecule has 0 aliphatic carbocycles. The van der Waals surface area contributed by atoms with Crippen molar-refractivity contribution in [3.8, 4) is 6.07 Å². The molecule has 0 saturated heterocycles. The largest absolute Gasteiger partial charge is 0.353 e. The highest BCUT2D eigenvalue weighted by atomic mass is 32.2. The monoisotopic (exact) mass is 439 g/mol. The van der Waals surface area contributed by atoms with Crippen LogP contribution in [0.3, 0.4) is 0 Å². The number of nitro benzene ring substituents is 1. The Kier molecular flexibility index (Phi) is 6.50. The zero-order chi connectivity index (χ0) is 21.8. The van der Waals surface area contributed by atoms with Crippen LogP contribution in [0.1, 0.15) is 35.0 Å². The Labute approximate surface area is 181 Å². The van der Waals surface area contributed by atoms with Gasteiger partial charge in [0.2, 0.25) is 0 Å². The van der Waals surface area contributed by atoms with Gasteiger partial charge >= 0.3 is 0 Å². The summed E-state index contributed by atoms with van der Waals surface area (Å²) < 4.78 is 0. The average Bonchev–Trinajstić information content (AvgIpc) is 3.25. The van der Waals surface area contributed by atoms with E-state index in [0.29, 0.717) is 27.4 Å². The van der Waals surface area contributed by atoms with E-state index < -0.39 is 10.8 Å². The smallest absolute Gasteiger partial charge is 0.269 e. The van der Waals surface area contributed by atoms with Crippen LogP contribution in [0.25, 0.3) is 0 Å². The Morgan fingerprint density at radius 3 is 2.53 bits per heavy atom. The van der Waals surface area contributed by atoms with E-state index in [0.717, 1.165) is 4.88 Å². The van der Waals surface area contributed by atoms with Gasteiger partial charge < -0.3 is 5.32 Å². The molecule has 9 heteroatoms. The molecule has 0 amide bonds. The lowest BCUT2D eigenvalue weighted by Gasteiger charge is -2.28. The molecular formula is C21H17N3O4S2. The van der Waals surface area contributed by atoms with Crippen LogP contribution in [0, 0.1) is 21.4 Å². The number of dihydropyridines is 1. The van der Waals surface area contributed by atoms with Gasteiger partial charge in [0.1, 0.15) is 0 Å². The maximum Gasteiger partial charge on any atom is 0.269 e. The molecule has 0 fully saturated rings. The number of carbonyl (C=O) groups is 2. The zero-order valence-corrected chi connectivity index (χ0v) is 17.8. The summed E-state index contributed by atoms with van der Waals surface area (Å²) in [6.45, 7) is 3.26. The number of carbonyl (C=O) groups excluding carboxylic acids is 2. The van der Waals surface area contributed by atoms with E-state index in [1.807, 2.05) is 17.5 Å². The molecule has 0 radical (unpaired) electrons. The summed E-state index contributed by atoms with van der Waals surface area (Å²) in [7, 11) is 0. The zero-order valence-electron chi connectivity index (χ0n) is 16.2. The molecule has 3 rings (SSSR count). The summed E-state index contributed by atoms with van der Waals surface area (Å²) >= 11 is 2.65. The van der Waals surface area contributed by atoms with Crippen molar-refractivity contribution in [1.82, 2.24) is 5.32 Å². The van der Waals surface area contributed by atoms with Crippen molar-refractivity contribution in [2.75, 3.05) is 5.75 Å². The highest BCUT2D eigenvalue weighted by Crippen LogP contribution is 2.42. The van der Waals surface area contributed by atoms with Gasteiger partial charge in [0.05, 0.1) is 33.3 Å². The summed E-state index contributed by atoms with van der Waals surface area (Å²) in [6, 6.07) is 11.4. The molecule has 1 aromatic heterocycles. The van der Waals surface area contributed by atoms with Crippen LogP contribution in [0.15, 0.2) is 63.7 Å². The minimum atomic E-state index is -0.522. The summed E-state index contributed by atoms with van der Waals surface area (Å²) in [5.74, 6) is -0.749. The van der Waals surface area contributed by atoms with Gasteiger partial charge in [-0.25, -0.2) is 0 Å². The summed E-state index contributed by atoms with van der Waals surface area (Å²) in [6.07, 6.45) is 0. The van der Waals surface area contributed by atoms with Gasteiger partial charge in [-0.15, -0.1) is 11.3 Å². The number of nitriles is 1. The molecule has 0 bridgehead atoms. The topological polar surface area (TPSA) is 113 Å². The molecule has 152 valence electrons. The number of ketones is 2. The second-order valence-corrected chi connectivity index (χ2v) is 8.50. The number of rotatable bonds is 7. The first-order chi connectivity index (χ1) is 14.3. The van der Waals surface area contributed by atoms with Crippen molar-refractivity contribution >= 4 is 40.4 Å². The van der Waals surface area contributed by atoms with Crippen LogP contribution in [0.4, 0.5) is 5.69 Å². The molecule has 1 aromatic carbocycles. The molecule has 30 heavy (non-hydrogen) atoms. The van der Waals surface area contributed by atoms with Gasteiger partial charge in [-0.1, -0.05) is 17.8 Å². The number of thioether (sulfide) groups is 1. The van der Waals surface area contributed by atoms with Crippen molar-refractivity contribution in [2.45, 2.75) is 19.8 Å². The van der Waals surface area contributed by atoms with Crippen LogP contribution in [-0.4, -0.2) is 22.2 Å². The van der Waals surface area contributed by atoms with Gasteiger partial charge in [-0.3, -0.25) is 19.7 Å². The first kappa shape index (κ1) is 21.5. The molecule has 1 aliphatic heterocycles. The minimum absolute atomic E-state index is 0.0468. The highest BCUT2D eigenvalue weighted by molar-refractivity contribution is 8.03. The standard InChI is InChI=1S/C21H17N3O4S2/c1-12-19(13(2)25)20(18-4-3-9-29-18)16(10-22)21(23-12)30-11-17(26)14-5-7-15(8-6-14)24(27)28/h3-9,20,23H,11H2,1-2H3/t20-/m1/s1. The predicted octanol–water partition coefficient (Wildman–Crippen LogP) is 4.56. The molecule has 0 unspecified atom stereocenters. The Morgan fingerprint density at radius 2 is 2.00 bits per heavy atom. The van der Waals surface area contributed by atoms with E-state index in [1.54, 1.807) is 6.92 Å². The molecule has 0 spiro atoms. The quantitative estimate of drug-likeness (QED) is 0.382. The molecule has 2 heterocycles. The Hall–Kier alpha value is -3.22. The van der Waals surface area contributed by atoms with Gasteiger partial charge in [0.15, 0.2) is 11.6 Å². The number of nitro groups is 1. The lowest BCUT2D eigenvalue weighted by Crippen LogP contribution is -2.27. The van der Waals surface area contributed by atoms with Crippen molar-refractivity contribution in [3.05, 3.63) is 84.2 Å². The fraction of sp³-hybridized carbons (Fsp3) is 0.190. The minimum Gasteiger partial charge on any atom is -0.353 e. The van der Waals surface area contributed by atoms with E-state index >= 15 is 0 Å². The van der Waals surface area contributed by atoms with E-state index in [1.165, 1.54) is 54.3 Å². The van der Waals surface area contributed by atoms with Crippen LogP contribution in [0.5, 0.6) is 0 Å². The number of hydrogen-bond acceptors (Lipinski definition) is 8. The van der Waals surface area contributed by atoms with Gasteiger partial charge in [-0.05, 0) is 37.4 Å². The van der Waals surface area contributed by atoms with E-state index in [-0.39, 0.29) is 23.0 Å². The van der Waals surface area contributed by atoms with Gasteiger partial charge in [0, 0.05) is 33.8 Å². The maximum absolute atomic E-state index is 12.5. The second kappa shape index (κ2) is 9.07. The maximum atomic E-state index is 12.5. The number of hydrogen-bond donors (Lipinski definition) is 1. The van der Waals surface area contributed by atoms with Crippen LogP contribution in [-0.2, 0) is 4.79 Å². The number of Topliss-reactive ketones (excluding diaryl/α,β-unsaturated/α-hetero) is 2. The van der Waals surface area contributed by atoms with Crippen LogP contribution >= 0.6 is 23.1 Å². The number of allylic oxidation sites excluding steroid dienone is 3. The molecule has 7 nitrogen and oxygen atoms in total. The fourth-order valence-corrected chi connectivity index (χ4v) is 5.05. The lowest BCUT2D eigenvalue weighted by atomic mass is 9.85. The Balaban J connectivity index is 1.86. The van der Waals surface area contributed by atoms with Crippen LogP contribution in [0.2, 0.25) is 0 Å². The summed E-state index contributed by atoms with van der Waals surface area (Å²) in [4.78, 5) is 35.9. The molecular weight excluding hydrogens is 422 g/mol. The average molecular weight is 440 g/mol. The van der Waals surface area contributed by atoms with Gasteiger partial charge in [-0.2, -0.15) is 5.26 Å². The molecule has 2 aromatic rings. The third-order valence-electron chi connectivity index (χ3n) is 4.60. The molecule has 0 saturated carbocycles. The van der Waals surface area contributed by atoms with Crippen molar-refractivity contribution in [1.29, 1.82) is 5.26 Å². The Bertz CT molecular complexity index is 1110. The van der Waals surface area contributed by atoms with E-state index in [4.69, 9.17) is 0 Å². The number of benzene rings is 1. The third-order valence-corrected chi connectivity index (χ3v) is 6.56. The van der Waals surface area contributed by atoms with Gasteiger partial charge in [0.25, 0.3) is 5.69 Å². The normalized spacial score (nSPS) is 16.1. The highest BCUT2D eigenvalue weighted by Gasteiger charge is 2.33. The number of nitrogens with one attached hydrogen (secondary N) is 1. The number of thiophene rings is 1. The second-order valence-electron chi connectivity index (χ2n) is 6.54. The Morgan fingerprint density at radius 1 is 1.30 bits per heavy atom. The number of non-ortho nitro benzene ring substituents is 1. The lowest BCUT2D eigenvalue weighted by molar-refractivity contribution is -0.384. The van der Waals surface area contributed by atoms with Crippen molar-refractivity contribution < 1.29 is 14.5 Å². The van der Waals surface area contributed by atoms with Crippen molar-refractivity contribution in [3.63, 3.8) is 0 Å². The van der Waals surface area contributed by atoms with E-state index in [2.05, 4.69) is 11.4 Å². The summed E-state index contributed by atoms with van der Waals surface area (Å²) in [5.41, 5.74) is 1.87. The fourth-order valence-electron chi connectivity index (χ4n) is 3.22. The van der Waals surface area contributed by atoms with Crippen molar-refractivity contribution in [2.24, 2.45) is 0 Å². The first-order valence-electron chi connectivity index (χ1n) is 8.90. The first-order valence-corrected chi connectivity index (χ1v) is 10.8. The van der Waals surface area contributed by atoms with E-state index in [9.17, 15) is 25.0 Å². The predicted molar refractivity (Wildman–Crippen MR) is 116 cm³/mol. The summed E-state index contributed by atoms with van der Waals surface area (Å²) in [5, 5.41) is 26.1. The SMILES string of the molecule is CC(=O)C1=C(C)NC(SCC(=O)c2ccc([N+](=O)[O-])cc2)=C(C#N)[C@@H]1c1cccs1.